The van der Waals surface area contributed by atoms with Gasteiger partial charge in [-0.2, -0.15) is 4.31 Å². The van der Waals surface area contributed by atoms with Crippen molar-refractivity contribution < 1.29 is 8.42 Å². The Morgan fingerprint density at radius 1 is 1.04 bits per heavy atom. The van der Waals surface area contributed by atoms with Gasteiger partial charge in [-0.1, -0.05) is 41.9 Å². The summed E-state index contributed by atoms with van der Waals surface area (Å²) >= 11 is 6.07. The first-order chi connectivity index (χ1) is 13.4. The minimum atomic E-state index is -3.29. The first-order valence-electron chi connectivity index (χ1n) is 9.27. The second-order valence-electron chi connectivity index (χ2n) is 7.14. The number of rotatable bonds is 5. The Kier molecular flexibility index (Phi) is 5.42. The zero-order valence-corrected chi connectivity index (χ0v) is 17.3. The van der Waals surface area contributed by atoms with Gasteiger partial charge in [0.05, 0.1) is 23.3 Å². The molecule has 0 bridgehead atoms. The van der Waals surface area contributed by atoms with E-state index >= 15 is 0 Å². The van der Waals surface area contributed by atoms with E-state index in [0.29, 0.717) is 37.7 Å². The summed E-state index contributed by atoms with van der Waals surface area (Å²) in [6.45, 7) is 3.08. The maximum Gasteiger partial charge on any atom is 0.218 e. The Hall–Kier alpha value is -1.93. The zero-order valence-electron chi connectivity index (χ0n) is 15.8. The highest BCUT2D eigenvalue weighted by atomic mass is 35.5. The van der Waals surface area contributed by atoms with Crippen molar-refractivity contribution in [3.05, 3.63) is 64.9 Å². The monoisotopic (exact) mass is 418 g/mol. The van der Waals surface area contributed by atoms with E-state index in [4.69, 9.17) is 16.6 Å². The van der Waals surface area contributed by atoms with Crippen molar-refractivity contribution in [3.63, 3.8) is 0 Å². The van der Waals surface area contributed by atoms with Gasteiger partial charge in [0.25, 0.3) is 0 Å². The molecule has 0 N–H and O–H groups in total. The van der Waals surface area contributed by atoms with E-state index in [-0.39, 0.29) is 5.75 Å². The predicted molar refractivity (Wildman–Crippen MR) is 112 cm³/mol. The van der Waals surface area contributed by atoms with Gasteiger partial charge in [0.15, 0.2) is 0 Å². The maximum absolute atomic E-state index is 12.7. The molecule has 2 aromatic carbocycles. The van der Waals surface area contributed by atoms with Crippen molar-refractivity contribution in [2.24, 2.45) is 7.05 Å². The summed E-state index contributed by atoms with van der Waals surface area (Å²) in [4.78, 5) is 6.94. The molecule has 1 fully saturated rings. The number of benzene rings is 2. The largest absolute Gasteiger partial charge is 0.330 e. The maximum atomic E-state index is 12.7. The lowest BCUT2D eigenvalue weighted by atomic mass is 10.2. The van der Waals surface area contributed by atoms with E-state index in [9.17, 15) is 8.42 Å². The van der Waals surface area contributed by atoms with Crippen molar-refractivity contribution >= 4 is 32.7 Å². The minimum absolute atomic E-state index is 0.0549. The van der Waals surface area contributed by atoms with Crippen LogP contribution in [-0.4, -0.2) is 53.4 Å². The SMILES string of the molecule is Cn1c(CN2CCN(S(=O)(=O)Cc3ccccc3)CC2)nc2cc(Cl)ccc21. The molecule has 1 aliphatic rings. The Morgan fingerprint density at radius 3 is 2.46 bits per heavy atom. The van der Waals surface area contributed by atoms with Crippen LogP contribution in [-0.2, 0) is 29.4 Å². The Morgan fingerprint density at radius 2 is 1.75 bits per heavy atom. The molecule has 28 heavy (non-hydrogen) atoms. The first-order valence-corrected chi connectivity index (χ1v) is 11.3. The summed E-state index contributed by atoms with van der Waals surface area (Å²) in [7, 11) is -1.30. The number of aryl methyl sites for hydroxylation is 1. The van der Waals surface area contributed by atoms with Gasteiger partial charge in [0.1, 0.15) is 5.82 Å². The van der Waals surface area contributed by atoms with Crippen molar-refractivity contribution in [1.82, 2.24) is 18.8 Å². The smallest absolute Gasteiger partial charge is 0.218 e. The van der Waals surface area contributed by atoms with Gasteiger partial charge in [-0.25, -0.2) is 13.4 Å². The number of hydrogen-bond donors (Lipinski definition) is 0. The molecule has 1 aliphatic heterocycles. The molecule has 6 nitrogen and oxygen atoms in total. The average molecular weight is 419 g/mol. The molecule has 0 unspecified atom stereocenters. The highest BCUT2D eigenvalue weighted by Crippen LogP contribution is 2.21. The first kappa shape index (κ1) is 19.4. The highest BCUT2D eigenvalue weighted by molar-refractivity contribution is 7.88. The molecule has 1 saturated heterocycles. The number of halogens is 1. The van der Waals surface area contributed by atoms with Crippen LogP contribution in [0.2, 0.25) is 5.02 Å². The number of nitrogens with zero attached hydrogens (tertiary/aromatic N) is 4. The van der Waals surface area contributed by atoms with Crippen LogP contribution in [0.25, 0.3) is 11.0 Å². The lowest BCUT2D eigenvalue weighted by Gasteiger charge is -2.33. The van der Waals surface area contributed by atoms with Crippen LogP contribution in [0.1, 0.15) is 11.4 Å². The van der Waals surface area contributed by atoms with Crippen LogP contribution in [0.4, 0.5) is 0 Å². The quantitative estimate of drug-likeness (QED) is 0.639. The van der Waals surface area contributed by atoms with Crippen LogP contribution < -0.4 is 0 Å². The fourth-order valence-corrected chi connectivity index (χ4v) is 5.29. The molecular formula is C20H23ClN4O2S. The normalized spacial score (nSPS) is 16.6. The number of fused-ring (bicyclic) bond motifs is 1. The summed E-state index contributed by atoms with van der Waals surface area (Å²) in [6, 6.07) is 15.0. The van der Waals surface area contributed by atoms with Gasteiger partial charge in [0, 0.05) is 38.2 Å². The number of sulfonamides is 1. The highest BCUT2D eigenvalue weighted by Gasteiger charge is 2.27. The molecule has 0 saturated carbocycles. The summed E-state index contributed by atoms with van der Waals surface area (Å²) in [5, 5.41) is 0.675. The van der Waals surface area contributed by atoms with Crippen molar-refractivity contribution in [2.75, 3.05) is 26.2 Å². The fourth-order valence-electron chi connectivity index (χ4n) is 3.61. The molecule has 0 spiro atoms. The molecule has 0 amide bonds. The van der Waals surface area contributed by atoms with Crippen LogP contribution in [0, 0.1) is 0 Å². The molecule has 2 heterocycles. The van der Waals surface area contributed by atoms with Gasteiger partial charge >= 0.3 is 0 Å². The van der Waals surface area contributed by atoms with Gasteiger partial charge in [0.2, 0.25) is 10.0 Å². The molecule has 4 rings (SSSR count). The van der Waals surface area contributed by atoms with Gasteiger partial charge in [-0.15, -0.1) is 0 Å². The number of piperazine rings is 1. The van der Waals surface area contributed by atoms with E-state index in [1.165, 1.54) is 0 Å². The second-order valence-corrected chi connectivity index (χ2v) is 9.54. The molecule has 0 aliphatic carbocycles. The summed E-state index contributed by atoms with van der Waals surface area (Å²) in [6.07, 6.45) is 0. The van der Waals surface area contributed by atoms with E-state index in [2.05, 4.69) is 9.47 Å². The fraction of sp³-hybridized carbons (Fsp3) is 0.350. The van der Waals surface area contributed by atoms with Gasteiger partial charge < -0.3 is 4.57 Å². The summed E-state index contributed by atoms with van der Waals surface area (Å²) in [5.74, 6) is 1.01. The van der Waals surface area contributed by atoms with Crippen molar-refractivity contribution in [3.8, 4) is 0 Å². The van der Waals surface area contributed by atoms with E-state index in [1.54, 1.807) is 4.31 Å². The molecule has 0 radical (unpaired) electrons. The molecule has 1 aromatic heterocycles. The Balaban J connectivity index is 1.40. The Bertz CT molecular complexity index is 1070. The van der Waals surface area contributed by atoms with Crippen molar-refractivity contribution in [2.45, 2.75) is 12.3 Å². The molecule has 8 heteroatoms. The molecule has 148 valence electrons. The second kappa shape index (κ2) is 7.83. The zero-order chi connectivity index (χ0) is 19.7. The third kappa shape index (κ3) is 4.07. The van der Waals surface area contributed by atoms with Gasteiger partial charge in [-0.05, 0) is 23.8 Å². The number of hydrogen-bond acceptors (Lipinski definition) is 4. The van der Waals surface area contributed by atoms with Crippen LogP contribution in [0.5, 0.6) is 0 Å². The number of aromatic nitrogens is 2. The lowest BCUT2D eigenvalue weighted by Crippen LogP contribution is -2.48. The Labute approximate surface area is 170 Å². The lowest BCUT2D eigenvalue weighted by molar-refractivity contribution is 0.177. The van der Waals surface area contributed by atoms with Crippen LogP contribution >= 0.6 is 11.6 Å². The summed E-state index contributed by atoms with van der Waals surface area (Å²) < 4.78 is 29.1. The standard InChI is InChI=1S/C20H23ClN4O2S/c1-23-19-8-7-17(21)13-18(19)22-20(23)14-24-9-11-25(12-10-24)28(26,27)15-16-5-3-2-4-6-16/h2-8,13H,9-12,14-15H2,1H3. The minimum Gasteiger partial charge on any atom is -0.330 e. The molecular weight excluding hydrogens is 396 g/mol. The van der Waals surface area contributed by atoms with Crippen LogP contribution in [0.15, 0.2) is 48.5 Å². The predicted octanol–water partition coefficient (Wildman–Crippen LogP) is 2.87. The third-order valence-electron chi connectivity index (χ3n) is 5.22. The van der Waals surface area contributed by atoms with E-state index in [0.717, 1.165) is 22.4 Å². The van der Waals surface area contributed by atoms with Gasteiger partial charge in [-0.3, -0.25) is 4.90 Å². The van der Waals surface area contributed by atoms with E-state index in [1.807, 2.05) is 55.6 Å². The average Bonchev–Trinajstić information content (AvgIpc) is 2.97. The molecule has 0 atom stereocenters. The molecule has 3 aromatic rings. The van der Waals surface area contributed by atoms with Crippen molar-refractivity contribution in [1.29, 1.82) is 0 Å². The third-order valence-corrected chi connectivity index (χ3v) is 7.30. The summed E-state index contributed by atoms with van der Waals surface area (Å²) in [5.41, 5.74) is 2.75. The van der Waals surface area contributed by atoms with Crippen LogP contribution in [0.3, 0.4) is 0 Å². The number of imidazole rings is 1. The van der Waals surface area contributed by atoms with E-state index < -0.39 is 10.0 Å². The topological polar surface area (TPSA) is 58.4 Å².